The van der Waals surface area contributed by atoms with E-state index >= 15 is 0 Å². The molecule has 0 bridgehead atoms. The summed E-state index contributed by atoms with van der Waals surface area (Å²) in [5.41, 5.74) is 0.961. The fourth-order valence-corrected chi connectivity index (χ4v) is 3.87. The van der Waals surface area contributed by atoms with Crippen molar-refractivity contribution in [1.29, 1.82) is 0 Å². The second-order valence-corrected chi connectivity index (χ2v) is 7.67. The zero-order valence-corrected chi connectivity index (χ0v) is 14.3. The molecule has 1 aliphatic rings. The third-order valence-electron chi connectivity index (χ3n) is 3.75. The number of rotatable bonds is 5. The maximum atomic E-state index is 6.23. The number of anilines is 1. The molecule has 2 atom stereocenters. The molecule has 0 aliphatic heterocycles. The van der Waals surface area contributed by atoms with Crippen LogP contribution in [0.4, 0.5) is 5.82 Å². The second kappa shape index (κ2) is 6.99. The van der Waals surface area contributed by atoms with Gasteiger partial charge in [0.2, 0.25) is 0 Å². The van der Waals surface area contributed by atoms with Crippen molar-refractivity contribution in [2.24, 2.45) is 0 Å². The Labute approximate surface area is 131 Å². The van der Waals surface area contributed by atoms with Crippen molar-refractivity contribution in [3.05, 3.63) is 16.5 Å². The SMILES string of the molecule is CCSC1CCC(Nc2nc(C(C)C)nc(Cl)c2C)C1. The lowest BCUT2D eigenvalue weighted by Gasteiger charge is -2.17. The van der Waals surface area contributed by atoms with E-state index < -0.39 is 0 Å². The molecule has 5 heteroatoms. The van der Waals surface area contributed by atoms with Crippen LogP contribution < -0.4 is 5.32 Å². The van der Waals surface area contributed by atoms with Crippen LogP contribution in [0.3, 0.4) is 0 Å². The lowest BCUT2D eigenvalue weighted by atomic mass is 10.2. The fraction of sp³-hybridized carbons (Fsp3) is 0.733. The quantitative estimate of drug-likeness (QED) is 0.803. The van der Waals surface area contributed by atoms with Gasteiger partial charge in [0.05, 0.1) is 0 Å². The van der Waals surface area contributed by atoms with Gasteiger partial charge in [-0.3, -0.25) is 0 Å². The molecular formula is C15H24ClN3S. The Morgan fingerprint density at radius 3 is 2.75 bits per heavy atom. The van der Waals surface area contributed by atoms with Gasteiger partial charge >= 0.3 is 0 Å². The maximum absolute atomic E-state index is 6.23. The summed E-state index contributed by atoms with van der Waals surface area (Å²) in [4.78, 5) is 9.02. The molecule has 0 spiro atoms. The molecule has 20 heavy (non-hydrogen) atoms. The molecule has 2 unspecified atom stereocenters. The number of nitrogens with zero attached hydrogens (tertiary/aromatic N) is 2. The minimum atomic E-state index is 0.292. The van der Waals surface area contributed by atoms with Crippen LogP contribution in [0.1, 0.15) is 57.3 Å². The Morgan fingerprint density at radius 1 is 1.35 bits per heavy atom. The third kappa shape index (κ3) is 3.79. The lowest BCUT2D eigenvalue weighted by molar-refractivity contribution is 0.733. The largest absolute Gasteiger partial charge is 0.367 e. The van der Waals surface area contributed by atoms with Crippen molar-refractivity contribution in [3.8, 4) is 0 Å². The summed E-state index contributed by atoms with van der Waals surface area (Å²) < 4.78 is 0. The molecule has 1 saturated carbocycles. The van der Waals surface area contributed by atoms with Crippen molar-refractivity contribution < 1.29 is 0 Å². The Morgan fingerprint density at radius 2 is 2.10 bits per heavy atom. The van der Waals surface area contributed by atoms with Crippen LogP contribution in [0.15, 0.2) is 0 Å². The smallest absolute Gasteiger partial charge is 0.137 e. The first-order chi connectivity index (χ1) is 9.51. The van der Waals surface area contributed by atoms with Gasteiger partial charge in [-0.2, -0.15) is 11.8 Å². The maximum Gasteiger partial charge on any atom is 0.137 e. The standard InChI is InChI=1S/C15H24ClN3S/c1-5-20-12-7-6-11(8-12)17-15-10(4)13(16)18-14(19-15)9(2)3/h9,11-12H,5-8H2,1-4H3,(H,17,18,19). The Hall–Kier alpha value is -0.480. The Bertz CT molecular complexity index is 465. The van der Waals surface area contributed by atoms with Crippen molar-refractivity contribution >= 4 is 29.2 Å². The average molecular weight is 314 g/mol. The summed E-state index contributed by atoms with van der Waals surface area (Å²) >= 11 is 8.30. The van der Waals surface area contributed by atoms with Crippen molar-refractivity contribution in [2.45, 2.75) is 64.2 Å². The molecule has 1 aromatic rings. The minimum absolute atomic E-state index is 0.292. The van der Waals surface area contributed by atoms with Crippen molar-refractivity contribution in [1.82, 2.24) is 9.97 Å². The van der Waals surface area contributed by atoms with Gasteiger partial charge in [0, 0.05) is 22.8 Å². The van der Waals surface area contributed by atoms with Crippen molar-refractivity contribution in [2.75, 3.05) is 11.1 Å². The number of aromatic nitrogens is 2. The highest BCUT2D eigenvalue weighted by Crippen LogP contribution is 2.32. The predicted octanol–water partition coefficient (Wildman–Crippen LogP) is 4.65. The molecule has 1 fully saturated rings. The van der Waals surface area contributed by atoms with E-state index in [4.69, 9.17) is 11.6 Å². The van der Waals surface area contributed by atoms with Gasteiger partial charge < -0.3 is 5.32 Å². The summed E-state index contributed by atoms with van der Waals surface area (Å²) in [7, 11) is 0. The minimum Gasteiger partial charge on any atom is -0.367 e. The number of hydrogen-bond donors (Lipinski definition) is 1. The first-order valence-electron chi connectivity index (χ1n) is 7.43. The molecule has 3 nitrogen and oxygen atoms in total. The van der Waals surface area contributed by atoms with E-state index in [1.807, 2.05) is 6.92 Å². The normalized spacial score (nSPS) is 22.5. The topological polar surface area (TPSA) is 37.8 Å². The number of thioether (sulfide) groups is 1. The van der Waals surface area contributed by atoms with Crippen LogP contribution >= 0.6 is 23.4 Å². The van der Waals surface area contributed by atoms with Gasteiger partial charge in [-0.05, 0) is 31.9 Å². The molecule has 0 radical (unpaired) electrons. The summed E-state index contributed by atoms with van der Waals surface area (Å²) in [5.74, 6) is 3.23. The van der Waals surface area contributed by atoms with Crippen LogP contribution in [-0.2, 0) is 0 Å². The van der Waals surface area contributed by atoms with Gasteiger partial charge in [0.15, 0.2) is 0 Å². The molecule has 1 aliphatic carbocycles. The first-order valence-corrected chi connectivity index (χ1v) is 8.86. The molecule has 0 amide bonds. The summed E-state index contributed by atoms with van der Waals surface area (Å²) in [5, 5.41) is 4.95. The van der Waals surface area contributed by atoms with Crippen LogP contribution in [0.2, 0.25) is 5.15 Å². The Kier molecular flexibility index (Phi) is 5.56. The van der Waals surface area contributed by atoms with E-state index in [1.165, 1.54) is 25.0 Å². The molecule has 112 valence electrons. The van der Waals surface area contributed by atoms with Gasteiger partial charge in [0.1, 0.15) is 16.8 Å². The van der Waals surface area contributed by atoms with E-state index in [0.717, 1.165) is 22.5 Å². The highest BCUT2D eigenvalue weighted by atomic mass is 35.5. The molecule has 1 N–H and O–H groups in total. The van der Waals surface area contributed by atoms with E-state index in [-0.39, 0.29) is 0 Å². The molecular weight excluding hydrogens is 290 g/mol. The van der Waals surface area contributed by atoms with Crippen LogP contribution in [0.25, 0.3) is 0 Å². The van der Waals surface area contributed by atoms with Gasteiger partial charge in [0.25, 0.3) is 0 Å². The molecule has 1 heterocycles. The third-order valence-corrected chi connectivity index (χ3v) is 5.35. The monoisotopic (exact) mass is 313 g/mol. The zero-order valence-electron chi connectivity index (χ0n) is 12.7. The average Bonchev–Trinajstić information content (AvgIpc) is 2.82. The Balaban J connectivity index is 2.09. The first kappa shape index (κ1) is 15.9. The summed E-state index contributed by atoms with van der Waals surface area (Å²) in [6.45, 7) is 8.40. The predicted molar refractivity (Wildman–Crippen MR) is 89.0 cm³/mol. The highest BCUT2D eigenvalue weighted by Gasteiger charge is 2.25. The van der Waals surface area contributed by atoms with E-state index in [1.54, 1.807) is 0 Å². The highest BCUT2D eigenvalue weighted by molar-refractivity contribution is 7.99. The number of nitrogens with one attached hydrogen (secondary N) is 1. The van der Waals surface area contributed by atoms with Gasteiger partial charge in [-0.1, -0.05) is 32.4 Å². The molecule has 0 saturated heterocycles. The number of hydrogen-bond acceptors (Lipinski definition) is 4. The van der Waals surface area contributed by atoms with Crippen molar-refractivity contribution in [3.63, 3.8) is 0 Å². The van der Waals surface area contributed by atoms with Crippen LogP contribution in [-0.4, -0.2) is 27.0 Å². The zero-order chi connectivity index (χ0) is 14.7. The molecule has 2 rings (SSSR count). The van der Waals surface area contributed by atoms with Crippen LogP contribution in [0.5, 0.6) is 0 Å². The lowest BCUT2D eigenvalue weighted by Crippen LogP contribution is -2.19. The number of halogens is 1. The van der Waals surface area contributed by atoms with E-state index in [9.17, 15) is 0 Å². The molecule has 1 aromatic heterocycles. The van der Waals surface area contributed by atoms with Crippen LogP contribution in [0, 0.1) is 6.92 Å². The summed E-state index contributed by atoms with van der Waals surface area (Å²) in [6.07, 6.45) is 3.73. The van der Waals surface area contributed by atoms with E-state index in [2.05, 4.69) is 47.8 Å². The molecule has 0 aromatic carbocycles. The second-order valence-electron chi connectivity index (χ2n) is 5.73. The summed E-state index contributed by atoms with van der Waals surface area (Å²) in [6, 6.07) is 0.517. The van der Waals surface area contributed by atoms with Gasteiger partial charge in [-0.25, -0.2) is 9.97 Å². The van der Waals surface area contributed by atoms with E-state index in [0.29, 0.717) is 17.1 Å². The van der Waals surface area contributed by atoms with Gasteiger partial charge in [-0.15, -0.1) is 0 Å². The fourth-order valence-electron chi connectivity index (χ4n) is 2.56.